The van der Waals surface area contributed by atoms with Crippen LogP contribution in [0.25, 0.3) is 0 Å². The molecule has 1 aliphatic rings. The van der Waals surface area contributed by atoms with Gasteiger partial charge in [-0.05, 0) is 30.7 Å². The van der Waals surface area contributed by atoms with E-state index in [2.05, 4.69) is 38.0 Å². The standard InChI is InChI=1S/C13H27N3O/c1-5-6-11(12(17)15-14)16-8-7-10(9-16)13(2,3)4/h10-11H,5-9,14H2,1-4H3,(H,15,17). The Morgan fingerprint density at radius 2 is 2.18 bits per heavy atom. The molecule has 0 bridgehead atoms. The van der Waals surface area contributed by atoms with Crippen LogP contribution < -0.4 is 11.3 Å². The fourth-order valence-electron chi connectivity index (χ4n) is 2.63. The lowest BCUT2D eigenvalue weighted by atomic mass is 9.80. The first-order valence-electron chi connectivity index (χ1n) is 6.64. The van der Waals surface area contributed by atoms with Crippen LogP contribution in [-0.2, 0) is 4.79 Å². The first-order chi connectivity index (χ1) is 7.90. The van der Waals surface area contributed by atoms with E-state index in [1.807, 2.05) is 0 Å². The second kappa shape index (κ2) is 5.83. The summed E-state index contributed by atoms with van der Waals surface area (Å²) >= 11 is 0. The van der Waals surface area contributed by atoms with E-state index in [-0.39, 0.29) is 11.9 Å². The van der Waals surface area contributed by atoms with E-state index in [0.29, 0.717) is 11.3 Å². The second-order valence-corrected chi connectivity index (χ2v) is 6.16. The summed E-state index contributed by atoms with van der Waals surface area (Å²) in [6, 6.07) is -0.0441. The second-order valence-electron chi connectivity index (χ2n) is 6.16. The third-order valence-electron chi connectivity index (χ3n) is 3.89. The van der Waals surface area contributed by atoms with E-state index in [0.717, 1.165) is 25.9 Å². The lowest BCUT2D eigenvalue weighted by Crippen LogP contribution is -2.48. The number of nitrogens with one attached hydrogen (secondary N) is 1. The molecular weight excluding hydrogens is 214 g/mol. The highest BCUT2D eigenvalue weighted by molar-refractivity contribution is 5.81. The molecule has 1 rings (SSSR count). The molecule has 1 aliphatic heterocycles. The Kier molecular flexibility index (Phi) is 4.95. The predicted molar refractivity (Wildman–Crippen MR) is 70.2 cm³/mol. The van der Waals surface area contributed by atoms with Gasteiger partial charge in [-0.15, -0.1) is 0 Å². The van der Waals surface area contributed by atoms with Crippen LogP contribution in [0.15, 0.2) is 0 Å². The van der Waals surface area contributed by atoms with Gasteiger partial charge in [-0.25, -0.2) is 5.84 Å². The van der Waals surface area contributed by atoms with Crippen molar-refractivity contribution in [1.29, 1.82) is 0 Å². The molecule has 1 amide bonds. The van der Waals surface area contributed by atoms with Crippen LogP contribution in [0.1, 0.15) is 47.0 Å². The van der Waals surface area contributed by atoms with Gasteiger partial charge in [-0.1, -0.05) is 34.1 Å². The molecule has 0 radical (unpaired) electrons. The number of hydrogen-bond donors (Lipinski definition) is 2. The highest BCUT2D eigenvalue weighted by atomic mass is 16.2. The number of nitrogens with two attached hydrogens (primary N) is 1. The maximum atomic E-state index is 11.8. The van der Waals surface area contributed by atoms with Gasteiger partial charge in [0.25, 0.3) is 5.91 Å². The molecule has 0 aliphatic carbocycles. The summed E-state index contributed by atoms with van der Waals surface area (Å²) in [7, 11) is 0. The number of hydrazine groups is 1. The molecular formula is C13H27N3O. The minimum absolute atomic E-state index is 0.0404. The van der Waals surface area contributed by atoms with Crippen molar-refractivity contribution < 1.29 is 4.79 Å². The van der Waals surface area contributed by atoms with Crippen molar-refractivity contribution in [3.05, 3.63) is 0 Å². The Labute approximate surface area is 105 Å². The van der Waals surface area contributed by atoms with Crippen LogP contribution >= 0.6 is 0 Å². The molecule has 2 atom stereocenters. The van der Waals surface area contributed by atoms with Crippen LogP contribution in [0.3, 0.4) is 0 Å². The first-order valence-corrected chi connectivity index (χ1v) is 6.64. The Morgan fingerprint density at radius 3 is 2.59 bits per heavy atom. The lowest BCUT2D eigenvalue weighted by molar-refractivity contribution is -0.126. The Bertz CT molecular complexity index is 260. The summed E-state index contributed by atoms with van der Waals surface area (Å²) < 4.78 is 0. The van der Waals surface area contributed by atoms with E-state index in [9.17, 15) is 4.79 Å². The number of rotatable bonds is 4. The molecule has 3 N–H and O–H groups in total. The number of carbonyl (C=O) groups is 1. The summed E-state index contributed by atoms with van der Waals surface area (Å²) in [6.45, 7) is 11.0. The van der Waals surface area contributed by atoms with Gasteiger partial charge in [0.1, 0.15) is 0 Å². The van der Waals surface area contributed by atoms with E-state index >= 15 is 0 Å². The lowest BCUT2D eigenvalue weighted by Gasteiger charge is -2.29. The first kappa shape index (κ1) is 14.5. The average molecular weight is 241 g/mol. The van der Waals surface area contributed by atoms with Crippen LogP contribution in [-0.4, -0.2) is 29.9 Å². The maximum Gasteiger partial charge on any atom is 0.251 e. The Balaban J connectivity index is 2.63. The Morgan fingerprint density at radius 1 is 1.53 bits per heavy atom. The van der Waals surface area contributed by atoms with Crippen LogP contribution in [0.2, 0.25) is 0 Å². The van der Waals surface area contributed by atoms with Gasteiger partial charge in [0.05, 0.1) is 6.04 Å². The third-order valence-corrected chi connectivity index (χ3v) is 3.89. The van der Waals surface area contributed by atoms with Crippen LogP contribution in [0, 0.1) is 11.3 Å². The molecule has 0 aromatic rings. The Hall–Kier alpha value is -0.610. The molecule has 0 spiro atoms. The highest BCUT2D eigenvalue weighted by Crippen LogP contribution is 2.34. The van der Waals surface area contributed by atoms with Crippen molar-refractivity contribution in [1.82, 2.24) is 10.3 Å². The van der Waals surface area contributed by atoms with E-state index in [1.54, 1.807) is 0 Å². The molecule has 100 valence electrons. The minimum Gasteiger partial charge on any atom is -0.293 e. The quantitative estimate of drug-likeness (QED) is 0.445. The largest absolute Gasteiger partial charge is 0.293 e. The molecule has 1 saturated heterocycles. The van der Waals surface area contributed by atoms with Crippen LogP contribution in [0.5, 0.6) is 0 Å². The number of likely N-dealkylation sites (tertiary alicyclic amines) is 1. The van der Waals surface area contributed by atoms with Gasteiger partial charge >= 0.3 is 0 Å². The van der Waals surface area contributed by atoms with Crippen molar-refractivity contribution >= 4 is 5.91 Å². The summed E-state index contributed by atoms with van der Waals surface area (Å²) in [5.41, 5.74) is 2.62. The molecule has 0 aromatic carbocycles. The van der Waals surface area contributed by atoms with E-state index in [4.69, 9.17) is 5.84 Å². The average Bonchev–Trinajstić information content (AvgIpc) is 2.73. The smallest absolute Gasteiger partial charge is 0.251 e. The molecule has 2 unspecified atom stereocenters. The summed E-state index contributed by atoms with van der Waals surface area (Å²) in [6.07, 6.45) is 3.08. The topological polar surface area (TPSA) is 58.4 Å². The number of nitrogens with zero attached hydrogens (tertiary/aromatic N) is 1. The van der Waals surface area contributed by atoms with Gasteiger partial charge in [0.2, 0.25) is 0 Å². The molecule has 0 aromatic heterocycles. The van der Waals surface area contributed by atoms with Gasteiger partial charge < -0.3 is 0 Å². The van der Waals surface area contributed by atoms with Gasteiger partial charge in [0.15, 0.2) is 0 Å². The molecule has 4 nitrogen and oxygen atoms in total. The zero-order valence-electron chi connectivity index (χ0n) is 11.6. The van der Waals surface area contributed by atoms with Crippen molar-refractivity contribution in [2.75, 3.05) is 13.1 Å². The summed E-state index contributed by atoms with van der Waals surface area (Å²) in [5, 5.41) is 0. The van der Waals surface area contributed by atoms with Crippen LogP contribution in [0.4, 0.5) is 0 Å². The van der Waals surface area contributed by atoms with Crippen molar-refractivity contribution in [2.45, 2.75) is 53.0 Å². The third kappa shape index (κ3) is 3.68. The number of hydrogen-bond acceptors (Lipinski definition) is 3. The van der Waals surface area contributed by atoms with Crippen molar-refractivity contribution in [2.24, 2.45) is 17.2 Å². The SMILES string of the molecule is CCCC(C(=O)NN)N1CCC(C(C)(C)C)C1. The molecule has 1 heterocycles. The number of amides is 1. The molecule has 4 heteroatoms. The molecule has 17 heavy (non-hydrogen) atoms. The normalized spacial score (nSPS) is 23.7. The highest BCUT2D eigenvalue weighted by Gasteiger charge is 2.36. The predicted octanol–water partition coefficient (Wildman–Crippen LogP) is 1.51. The fraction of sp³-hybridized carbons (Fsp3) is 0.923. The molecule has 0 saturated carbocycles. The van der Waals surface area contributed by atoms with E-state index < -0.39 is 0 Å². The summed E-state index contributed by atoms with van der Waals surface area (Å²) in [5.74, 6) is 5.90. The zero-order valence-corrected chi connectivity index (χ0v) is 11.6. The van der Waals surface area contributed by atoms with Crippen molar-refractivity contribution in [3.8, 4) is 0 Å². The molecule has 1 fully saturated rings. The van der Waals surface area contributed by atoms with Gasteiger partial charge in [-0.2, -0.15) is 0 Å². The van der Waals surface area contributed by atoms with Crippen molar-refractivity contribution in [3.63, 3.8) is 0 Å². The minimum atomic E-state index is -0.0441. The number of carbonyl (C=O) groups excluding carboxylic acids is 1. The monoisotopic (exact) mass is 241 g/mol. The fourth-order valence-corrected chi connectivity index (χ4v) is 2.63. The van der Waals surface area contributed by atoms with Gasteiger partial charge in [-0.3, -0.25) is 15.1 Å². The maximum absolute atomic E-state index is 11.8. The zero-order chi connectivity index (χ0) is 13.1. The van der Waals surface area contributed by atoms with Gasteiger partial charge in [0, 0.05) is 6.54 Å². The van der Waals surface area contributed by atoms with E-state index in [1.165, 1.54) is 6.42 Å². The summed E-state index contributed by atoms with van der Waals surface area (Å²) in [4.78, 5) is 14.1.